The molecule has 0 aliphatic heterocycles. The van der Waals surface area contributed by atoms with Gasteiger partial charge >= 0.3 is 0 Å². The van der Waals surface area contributed by atoms with E-state index in [-0.39, 0.29) is 5.75 Å². The lowest BCUT2D eigenvalue weighted by Gasteiger charge is -2.04. The Balaban J connectivity index is 1.93. The molecule has 0 spiro atoms. The molecule has 2 aromatic carbocycles. The Morgan fingerprint density at radius 1 is 1.04 bits per heavy atom. The van der Waals surface area contributed by atoms with E-state index in [0.29, 0.717) is 12.4 Å². The van der Waals surface area contributed by atoms with Crippen LogP contribution in [-0.4, -0.2) is 17.5 Å². The Morgan fingerprint density at radius 3 is 2.54 bits per heavy atom. The van der Waals surface area contributed by atoms with Crippen LogP contribution in [0.1, 0.15) is 42.9 Å². The van der Waals surface area contributed by atoms with Gasteiger partial charge in [0.15, 0.2) is 5.84 Å². The second-order valence-electron chi connectivity index (χ2n) is 5.69. The Hall–Kier alpha value is -2.69. The molecule has 0 radical (unpaired) electrons. The minimum atomic E-state index is 0.282. The largest absolute Gasteiger partial charge is 0.508 e. The molecule has 0 aromatic heterocycles. The fourth-order valence-electron chi connectivity index (χ4n) is 2.31. The molecule has 0 heterocycles. The Labute approximate surface area is 142 Å². The number of phenols is 1. The van der Waals surface area contributed by atoms with Gasteiger partial charge in [0.2, 0.25) is 0 Å². The minimum absolute atomic E-state index is 0.282. The lowest BCUT2D eigenvalue weighted by molar-refractivity contribution is 0.474. The fraction of sp³-hybridized carbons (Fsp3) is 0.316. The van der Waals surface area contributed by atoms with Gasteiger partial charge in [0, 0.05) is 5.56 Å². The quantitative estimate of drug-likeness (QED) is 0.250. The van der Waals surface area contributed by atoms with Crippen molar-refractivity contribution in [1.29, 1.82) is 0 Å². The average Bonchev–Trinajstić information content (AvgIpc) is 2.58. The van der Waals surface area contributed by atoms with Crippen LogP contribution >= 0.6 is 0 Å². The molecule has 0 saturated heterocycles. The van der Waals surface area contributed by atoms with Crippen LogP contribution in [0, 0.1) is 0 Å². The number of benzene rings is 2. The molecule has 5 nitrogen and oxygen atoms in total. The summed E-state index contributed by atoms with van der Waals surface area (Å²) >= 11 is 0. The standard InChI is InChI=1S/C19H24N4O/c1-2-3-4-12-21-23-22-19(20)17-10-8-15(9-11-17)13-16-6-5-7-18(24)14-16/h5-11,14,24H,2-4,12-13H2,1H3,(H2,20,21,22). The summed E-state index contributed by atoms with van der Waals surface area (Å²) in [6.07, 6.45) is 4.09. The maximum atomic E-state index is 9.51. The van der Waals surface area contributed by atoms with Crippen molar-refractivity contribution >= 4 is 5.84 Å². The normalized spacial score (nSPS) is 12.0. The van der Waals surface area contributed by atoms with Crippen molar-refractivity contribution in [2.45, 2.75) is 32.6 Å². The highest BCUT2D eigenvalue weighted by Crippen LogP contribution is 2.15. The van der Waals surface area contributed by atoms with E-state index < -0.39 is 0 Å². The van der Waals surface area contributed by atoms with Gasteiger partial charge in [-0.2, -0.15) is 5.11 Å². The van der Waals surface area contributed by atoms with E-state index in [1.165, 1.54) is 0 Å². The van der Waals surface area contributed by atoms with E-state index in [0.717, 1.165) is 42.4 Å². The first-order valence-corrected chi connectivity index (χ1v) is 8.26. The minimum Gasteiger partial charge on any atom is -0.508 e. The number of amidine groups is 1. The van der Waals surface area contributed by atoms with Crippen LogP contribution in [0.25, 0.3) is 0 Å². The molecule has 0 bridgehead atoms. The number of phenolic OH excluding ortho intramolecular Hbond substituents is 1. The number of rotatable bonds is 8. The fourth-order valence-corrected chi connectivity index (χ4v) is 2.31. The lowest BCUT2D eigenvalue weighted by Crippen LogP contribution is -2.12. The summed E-state index contributed by atoms with van der Waals surface area (Å²) in [6, 6.07) is 15.1. The third-order valence-corrected chi connectivity index (χ3v) is 3.65. The second kappa shape index (κ2) is 9.45. The summed E-state index contributed by atoms with van der Waals surface area (Å²) in [5.41, 5.74) is 8.94. The van der Waals surface area contributed by atoms with Crippen LogP contribution in [0.15, 0.2) is 64.0 Å². The van der Waals surface area contributed by atoms with Gasteiger partial charge in [-0.3, -0.25) is 0 Å². The maximum Gasteiger partial charge on any atom is 0.155 e. The van der Waals surface area contributed by atoms with E-state index in [2.05, 4.69) is 22.4 Å². The summed E-state index contributed by atoms with van der Waals surface area (Å²) in [5.74, 6) is 0.642. The topological polar surface area (TPSA) is 83.3 Å². The van der Waals surface area contributed by atoms with Crippen molar-refractivity contribution in [2.75, 3.05) is 6.54 Å². The zero-order valence-corrected chi connectivity index (χ0v) is 14.0. The smallest absolute Gasteiger partial charge is 0.155 e. The van der Waals surface area contributed by atoms with Gasteiger partial charge in [0.25, 0.3) is 0 Å². The first-order chi connectivity index (χ1) is 11.7. The summed E-state index contributed by atoms with van der Waals surface area (Å²) < 4.78 is 0. The van der Waals surface area contributed by atoms with Crippen molar-refractivity contribution in [3.05, 3.63) is 65.2 Å². The molecule has 0 fully saturated rings. The van der Waals surface area contributed by atoms with E-state index in [9.17, 15) is 5.11 Å². The zero-order chi connectivity index (χ0) is 17.2. The first kappa shape index (κ1) is 17.7. The molecular weight excluding hydrogens is 300 g/mol. The van der Waals surface area contributed by atoms with Crippen molar-refractivity contribution in [3.63, 3.8) is 0 Å². The third kappa shape index (κ3) is 5.83. The van der Waals surface area contributed by atoms with E-state index in [1.54, 1.807) is 12.1 Å². The molecule has 126 valence electrons. The van der Waals surface area contributed by atoms with Crippen molar-refractivity contribution in [2.24, 2.45) is 21.2 Å². The molecule has 0 aliphatic rings. The molecule has 5 heteroatoms. The second-order valence-corrected chi connectivity index (χ2v) is 5.69. The van der Waals surface area contributed by atoms with Gasteiger partial charge in [0.05, 0.1) is 6.54 Å². The molecule has 0 saturated carbocycles. The monoisotopic (exact) mass is 324 g/mol. The van der Waals surface area contributed by atoms with Crippen LogP contribution < -0.4 is 5.73 Å². The molecular formula is C19H24N4O. The molecule has 24 heavy (non-hydrogen) atoms. The highest BCUT2D eigenvalue weighted by Gasteiger charge is 2.01. The molecule has 0 amide bonds. The van der Waals surface area contributed by atoms with Gasteiger partial charge < -0.3 is 10.8 Å². The van der Waals surface area contributed by atoms with E-state index >= 15 is 0 Å². The number of unbranched alkanes of at least 4 members (excludes halogenated alkanes) is 2. The summed E-state index contributed by atoms with van der Waals surface area (Å²) in [4.78, 5) is 0. The van der Waals surface area contributed by atoms with Crippen molar-refractivity contribution in [3.8, 4) is 5.75 Å². The van der Waals surface area contributed by atoms with Crippen molar-refractivity contribution in [1.82, 2.24) is 0 Å². The summed E-state index contributed by atoms with van der Waals surface area (Å²) in [5, 5.41) is 21.2. The van der Waals surface area contributed by atoms with Crippen LogP contribution in [-0.2, 0) is 6.42 Å². The molecule has 0 unspecified atom stereocenters. The van der Waals surface area contributed by atoms with Crippen LogP contribution in [0.5, 0.6) is 5.75 Å². The maximum absolute atomic E-state index is 9.51. The number of hydrogen-bond acceptors (Lipinski definition) is 3. The number of aromatic hydroxyl groups is 1. The predicted molar refractivity (Wildman–Crippen MR) is 97.3 cm³/mol. The van der Waals surface area contributed by atoms with Crippen molar-refractivity contribution < 1.29 is 5.11 Å². The Bertz CT molecular complexity index is 693. The van der Waals surface area contributed by atoms with Gasteiger partial charge in [-0.05, 0) is 41.3 Å². The van der Waals surface area contributed by atoms with E-state index in [4.69, 9.17) is 5.73 Å². The van der Waals surface area contributed by atoms with Gasteiger partial charge in [-0.1, -0.05) is 56.2 Å². The predicted octanol–water partition coefficient (Wildman–Crippen LogP) is 4.25. The lowest BCUT2D eigenvalue weighted by atomic mass is 10.0. The summed E-state index contributed by atoms with van der Waals surface area (Å²) in [6.45, 7) is 2.84. The van der Waals surface area contributed by atoms with Crippen LogP contribution in [0.2, 0.25) is 0 Å². The first-order valence-electron chi connectivity index (χ1n) is 8.26. The number of hydrogen-bond donors (Lipinski definition) is 2. The molecule has 2 rings (SSSR count). The van der Waals surface area contributed by atoms with Gasteiger partial charge in [-0.25, -0.2) is 0 Å². The zero-order valence-electron chi connectivity index (χ0n) is 14.0. The number of nitrogens with zero attached hydrogens (tertiary/aromatic N) is 3. The highest BCUT2D eigenvalue weighted by molar-refractivity contribution is 5.97. The Kier molecular flexibility index (Phi) is 6.95. The van der Waals surface area contributed by atoms with Crippen LogP contribution in [0.4, 0.5) is 0 Å². The Morgan fingerprint density at radius 2 is 1.83 bits per heavy atom. The van der Waals surface area contributed by atoms with Gasteiger partial charge in [0.1, 0.15) is 5.75 Å². The average molecular weight is 324 g/mol. The highest BCUT2D eigenvalue weighted by atomic mass is 16.3. The summed E-state index contributed by atoms with van der Waals surface area (Å²) in [7, 11) is 0. The molecule has 2 aromatic rings. The van der Waals surface area contributed by atoms with Crippen LogP contribution in [0.3, 0.4) is 0 Å². The molecule has 0 aliphatic carbocycles. The van der Waals surface area contributed by atoms with Gasteiger partial charge in [-0.15, -0.1) is 5.10 Å². The SMILES string of the molecule is CCCCCN=NN=C(N)c1ccc(Cc2cccc(O)c2)cc1. The molecule has 0 atom stereocenters. The van der Waals surface area contributed by atoms with E-state index in [1.807, 2.05) is 36.4 Å². The third-order valence-electron chi connectivity index (χ3n) is 3.65. The molecule has 3 N–H and O–H groups in total. The number of nitrogens with two attached hydrogens (primary N) is 1.